The van der Waals surface area contributed by atoms with Crippen LogP contribution in [-0.2, 0) is 24.4 Å². The molecule has 0 spiro atoms. The lowest BCUT2D eigenvalue weighted by Gasteiger charge is -2.19. The fourth-order valence-electron chi connectivity index (χ4n) is 2.79. The molecule has 2 aromatic rings. The molecule has 9 nitrogen and oxygen atoms in total. The predicted molar refractivity (Wildman–Crippen MR) is 120 cm³/mol. The average molecular weight is 481 g/mol. The number of nitrogens with zero attached hydrogens (tertiary/aromatic N) is 1. The summed E-state index contributed by atoms with van der Waals surface area (Å²) in [4.78, 5) is 36.0. The highest BCUT2D eigenvalue weighted by atomic mass is 35.5. The highest BCUT2D eigenvalue weighted by Gasteiger charge is 2.23. The molecule has 0 radical (unpaired) electrons. The van der Waals surface area contributed by atoms with Crippen LogP contribution in [0.4, 0.5) is 0 Å². The van der Waals surface area contributed by atoms with Crippen LogP contribution in [0.15, 0.2) is 53.4 Å². The minimum absolute atomic E-state index is 0.0588. The zero-order chi connectivity index (χ0) is 23.9. The van der Waals surface area contributed by atoms with Gasteiger partial charge < -0.3 is 5.32 Å². The van der Waals surface area contributed by atoms with Gasteiger partial charge in [0.2, 0.25) is 21.8 Å². The van der Waals surface area contributed by atoms with Crippen molar-refractivity contribution in [1.29, 1.82) is 0 Å². The lowest BCUT2D eigenvalue weighted by Crippen LogP contribution is -2.47. The molecule has 0 aliphatic carbocycles. The lowest BCUT2D eigenvalue weighted by molar-refractivity contribution is -0.129. The number of aryl methyl sites for hydroxylation is 1. The van der Waals surface area contributed by atoms with E-state index in [1.807, 2.05) is 6.92 Å². The van der Waals surface area contributed by atoms with Crippen molar-refractivity contribution in [1.82, 2.24) is 20.5 Å². The second-order valence-corrected chi connectivity index (χ2v) is 9.66. The van der Waals surface area contributed by atoms with Gasteiger partial charge in [0.15, 0.2) is 0 Å². The standard InChI is InChI=1S/C21H25ClN4O5S/c1-14-4-10-18(11-5-14)32(30,31)26(3)13-21(29)25-24-20(28)12-19(23-15(2)27)16-6-8-17(22)9-7-16/h4-11,19H,12-13H2,1-3H3,(H,23,27)(H,24,28)(H,25,29). The van der Waals surface area contributed by atoms with E-state index >= 15 is 0 Å². The summed E-state index contributed by atoms with van der Waals surface area (Å²) in [5.74, 6) is -1.63. The number of hydrogen-bond donors (Lipinski definition) is 3. The van der Waals surface area contributed by atoms with Gasteiger partial charge in [-0.25, -0.2) is 8.42 Å². The van der Waals surface area contributed by atoms with Crippen molar-refractivity contribution >= 4 is 39.3 Å². The number of rotatable bonds is 8. The molecule has 0 saturated heterocycles. The molecule has 0 bridgehead atoms. The van der Waals surface area contributed by atoms with Crippen molar-refractivity contribution in [2.24, 2.45) is 0 Å². The smallest absolute Gasteiger partial charge is 0.253 e. The van der Waals surface area contributed by atoms with Gasteiger partial charge in [0.25, 0.3) is 5.91 Å². The molecule has 1 atom stereocenters. The summed E-state index contributed by atoms with van der Waals surface area (Å²) < 4.78 is 26.0. The molecule has 0 aromatic heterocycles. The zero-order valence-corrected chi connectivity index (χ0v) is 19.5. The van der Waals surface area contributed by atoms with E-state index in [1.165, 1.54) is 26.1 Å². The Labute approximate surface area is 192 Å². The van der Waals surface area contributed by atoms with Crippen LogP contribution in [0.25, 0.3) is 0 Å². The highest BCUT2D eigenvalue weighted by molar-refractivity contribution is 7.89. The van der Waals surface area contributed by atoms with Crippen molar-refractivity contribution in [3.8, 4) is 0 Å². The minimum Gasteiger partial charge on any atom is -0.349 e. The van der Waals surface area contributed by atoms with Crippen LogP contribution < -0.4 is 16.2 Å². The van der Waals surface area contributed by atoms with Crippen molar-refractivity contribution in [3.63, 3.8) is 0 Å². The second-order valence-electron chi connectivity index (χ2n) is 7.18. The van der Waals surface area contributed by atoms with Gasteiger partial charge in [-0.3, -0.25) is 25.2 Å². The topological polar surface area (TPSA) is 125 Å². The van der Waals surface area contributed by atoms with Gasteiger partial charge >= 0.3 is 0 Å². The SMILES string of the molecule is CC(=O)NC(CC(=O)NNC(=O)CN(C)S(=O)(=O)c1ccc(C)cc1)c1ccc(Cl)cc1. The molecule has 0 aliphatic rings. The van der Waals surface area contributed by atoms with Crippen LogP contribution in [0.5, 0.6) is 0 Å². The van der Waals surface area contributed by atoms with Gasteiger partial charge in [-0.05, 0) is 36.8 Å². The van der Waals surface area contributed by atoms with Crippen molar-refractivity contribution < 1.29 is 22.8 Å². The maximum absolute atomic E-state index is 12.6. The molecule has 0 saturated carbocycles. The molecule has 3 amide bonds. The largest absolute Gasteiger partial charge is 0.349 e. The first-order chi connectivity index (χ1) is 15.0. The Morgan fingerprint density at radius 2 is 1.53 bits per heavy atom. The van der Waals surface area contributed by atoms with Crippen LogP contribution in [0.3, 0.4) is 0 Å². The van der Waals surface area contributed by atoms with Gasteiger partial charge in [0.1, 0.15) is 0 Å². The summed E-state index contributed by atoms with van der Waals surface area (Å²) in [5.41, 5.74) is 5.99. The molecule has 2 aromatic carbocycles. The fraction of sp³-hybridized carbons (Fsp3) is 0.286. The fourth-order valence-corrected chi connectivity index (χ4v) is 4.04. The molecule has 2 rings (SSSR count). The summed E-state index contributed by atoms with van der Waals surface area (Å²) >= 11 is 5.87. The Bertz CT molecular complexity index is 1070. The first-order valence-corrected chi connectivity index (χ1v) is 11.4. The third kappa shape index (κ3) is 7.33. The molecule has 172 valence electrons. The molecule has 0 aliphatic heterocycles. The Morgan fingerprint density at radius 3 is 2.09 bits per heavy atom. The van der Waals surface area contributed by atoms with Crippen LogP contribution in [0.2, 0.25) is 5.02 Å². The van der Waals surface area contributed by atoms with Crippen molar-refractivity contribution in [2.75, 3.05) is 13.6 Å². The number of sulfonamides is 1. The molecular weight excluding hydrogens is 456 g/mol. The number of halogens is 1. The summed E-state index contributed by atoms with van der Waals surface area (Å²) in [5, 5.41) is 3.18. The normalized spacial score (nSPS) is 12.2. The number of nitrogens with one attached hydrogen (secondary N) is 3. The Hall–Kier alpha value is -2.95. The van der Waals surface area contributed by atoms with E-state index in [0.29, 0.717) is 10.6 Å². The number of hydrazine groups is 1. The van der Waals surface area contributed by atoms with E-state index in [0.717, 1.165) is 9.87 Å². The Morgan fingerprint density at radius 1 is 0.969 bits per heavy atom. The number of carbonyl (C=O) groups is 3. The first-order valence-electron chi connectivity index (χ1n) is 9.62. The average Bonchev–Trinajstić information content (AvgIpc) is 2.72. The number of carbonyl (C=O) groups excluding carboxylic acids is 3. The van der Waals surface area contributed by atoms with E-state index in [4.69, 9.17) is 11.6 Å². The summed E-state index contributed by atoms with van der Waals surface area (Å²) in [6.45, 7) is 2.66. The summed E-state index contributed by atoms with van der Waals surface area (Å²) in [6.07, 6.45) is -0.154. The number of amides is 3. The van der Waals surface area contributed by atoms with E-state index in [1.54, 1.807) is 36.4 Å². The maximum Gasteiger partial charge on any atom is 0.253 e. The summed E-state index contributed by atoms with van der Waals surface area (Å²) in [6, 6.07) is 12.2. The molecule has 1 unspecified atom stereocenters. The molecule has 0 fully saturated rings. The maximum atomic E-state index is 12.6. The molecule has 32 heavy (non-hydrogen) atoms. The molecule has 11 heteroatoms. The lowest BCUT2D eigenvalue weighted by atomic mass is 10.0. The third-order valence-electron chi connectivity index (χ3n) is 4.48. The van der Waals surface area contributed by atoms with Gasteiger partial charge in [-0.2, -0.15) is 4.31 Å². The molecular formula is C21H25ClN4O5S. The zero-order valence-electron chi connectivity index (χ0n) is 17.9. The van der Waals surface area contributed by atoms with Crippen LogP contribution in [0.1, 0.15) is 30.5 Å². The minimum atomic E-state index is -3.86. The monoisotopic (exact) mass is 480 g/mol. The van der Waals surface area contributed by atoms with Crippen LogP contribution >= 0.6 is 11.6 Å². The van der Waals surface area contributed by atoms with Crippen LogP contribution in [-0.4, -0.2) is 44.0 Å². The summed E-state index contributed by atoms with van der Waals surface area (Å²) in [7, 11) is -2.59. The van der Waals surface area contributed by atoms with Gasteiger partial charge in [-0.15, -0.1) is 0 Å². The first kappa shape index (κ1) is 25.3. The van der Waals surface area contributed by atoms with E-state index in [2.05, 4.69) is 16.2 Å². The van der Waals surface area contributed by atoms with Gasteiger partial charge in [0, 0.05) is 19.0 Å². The van der Waals surface area contributed by atoms with E-state index in [9.17, 15) is 22.8 Å². The van der Waals surface area contributed by atoms with Crippen molar-refractivity contribution in [2.45, 2.75) is 31.2 Å². The molecule has 0 heterocycles. The predicted octanol–water partition coefficient (Wildman–Crippen LogP) is 1.68. The third-order valence-corrected chi connectivity index (χ3v) is 6.55. The van der Waals surface area contributed by atoms with Gasteiger partial charge in [0.05, 0.1) is 23.9 Å². The number of likely N-dealkylation sites (N-methyl/N-ethyl adjacent to an activating group) is 1. The van der Waals surface area contributed by atoms with E-state index < -0.39 is 34.4 Å². The van der Waals surface area contributed by atoms with Crippen molar-refractivity contribution in [3.05, 3.63) is 64.7 Å². The van der Waals surface area contributed by atoms with Crippen LogP contribution in [0, 0.1) is 6.92 Å². The quantitative estimate of drug-likeness (QED) is 0.496. The Kier molecular flexibility index (Phi) is 8.76. The van der Waals surface area contributed by atoms with Gasteiger partial charge in [-0.1, -0.05) is 41.4 Å². The Balaban J connectivity index is 1.93. The van der Waals surface area contributed by atoms with E-state index in [-0.39, 0.29) is 17.2 Å². The molecule has 3 N–H and O–H groups in total. The number of hydrogen-bond acceptors (Lipinski definition) is 5. The second kappa shape index (κ2) is 11.1. The highest BCUT2D eigenvalue weighted by Crippen LogP contribution is 2.19. The number of benzene rings is 2.